The molecule has 10 heteroatoms. The fourth-order valence-electron chi connectivity index (χ4n) is 5.39. The number of amides is 1. The predicted octanol–water partition coefficient (Wildman–Crippen LogP) is 6.87. The molecule has 4 aromatic carbocycles. The first-order valence-electron chi connectivity index (χ1n) is 15.0. The minimum Gasteiger partial charge on any atom is -0.495 e. The molecule has 234 valence electrons. The maximum atomic E-state index is 14.1. The van der Waals surface area contributed by atoms with E-state index in [2.05, 4.69) is 10.6 Å². The van der Waals surface area contributed by atoms with Gasteiger partial charge in [-0.3, -0.25) is 4.79 Å². The Hall–Kier alpha value is -5.77. The molecule has 1 aliphatic rings. The van der Waals surface area contributed by atoms with Gasteiger partial charge < -0.3 is 29.6 Å². The number of methoxy groups -OCH3 is 2. The van der Waals surface area contributed by atoms with E-state index in [1.165, 1.54) is 0 Å². The van der Waals surface area contributed by atoms with Crippen LogP contribution in [0, 0.1) is 0 Å². The molecule has 0 radical (unpaired) electrons. The van der Waals surface area contributed by atoms with Crippen molar-refractivity contribution in [3.05, 3.63) is 119 Å². The second-order valence-corrected chi connectivity index (χ2v) is 10.6. The number of ether oxygens (including phenoxy) is 4. The van der Waals surface area contributed by atoms with Crippen LogP contribution in [0.5, 0.6) is 23.0 Å². The van der Waals surface area contributed by atoms with Crippen LogP contribution >= 0.6 is 0 Å². The summed E-state index contributed by atoms with van der Waals surface area (Å²) in [5, 5.41) is 11.2. The molecule has 0 aliphatic carbocycles. The average molecular weight is 618 g/mol. The molecule has 5 aromatic rings. The van der Waals surface area contributed by atoms with Gasteiger partial charge in [-0.25, -0.2) is 4.68 Å². The maximum Gasteiger partial charge on any atom is 0.255 e. The van der Waals surface area contributed by atoms with E-state index < -0.39 is 6.04 Å². The number of benzene rings is 4. The molecule has 0 fully saturated rings. The lowest BCUT2D eigenvalue weighted by atomic mass is 9.94. The number of nitrogens with zero attached hydrogens (tertiary/aromatic N) is 3. The Balaban J connectivity index is 1.40. The third-order valence-electron chi connectivity index (χ3n) is 7.62. The zero-order valence-corrected chi connectivity index (χ0v) is 26.1. The summed E-state index contributed by atoms with van der Waals surface area (Å²) in [7, 11) is 3.16. The van der Waals surface area contributed by atoms with E-state index in [0.29, 0.717) is 59.2 Å². The monoisotopic (exact) mass is 617 g/mol. The minimum absolute atomic E-state index is 0.313. The molecule has 0 saturated heterocycles. The summed E-state index contributed by atoms with van der Waals surface area (Å²) >= 11 is 0. The Bertz CT molecular complexity index is 1870. The van der Waals surface area contributed by atoms with E-state index in [0.717, 1.165) is 22.4 Å². The summed E-state index contributed by atoms with van der Waals surface area (Å²) in [6, 6.07) is 29.8. The lowest BCUT2D eigenvalue weighted by molar-refractivity contribution is -0.113. The summed E-state index contributed by atoms with van der Waals surface area (Å²) < 4.78 is 24.7. The van der Waals surface area contributed by atoms with Crippen molar-refractivity contribution in [1.29, 1.82) is 0 Å². The third kappa shape index (κ3) is 6.23. The number of fused-ring (bicyclic) bond motifs is 1. The van der Waals surface area contributed by atoms with Crippen molar-refractivity contribution in [3.8, 4) is 34.4 Å². The largest absolute Gasteiger partial charge is 0.495 e. The second-order valence-electron chi connectivity index (χ2n) is 10.6. The summed E-state index contributed by atoms with van der Waals surface area (Å²) in [6.45, 7) is 4.76. The molecule has 2 N–H and O–H groups in total. The highest BCUT2D eigenvalue weighted by Crippen LogP contribution is 2.40. The van der Waals surface area contributed by atoms with Gasteiger partial charge in [0, 0.05) is 11.3 Å². The summed E-state index contributed by atoms with van der Waals surface area (Å²) in [4.78, 5) is 18.9. The molecule has 1 atom stereocenters. The van der Waals surface area contributed by atoms with Gasteiger partial charge in [0.05, 0.1) is 32.1 Å². The number of hydrogen-bond donors (Lipinski definition) is 2. The second kappa shape index (κ2) is 13.5. The van der Waals surface area contributed by atoms with Gasteiger partial charge in [-0.15, -0.1) is 5.10 Å². The van der Waals surface area contributed by atoms with Gasteiger partial charge in [0.25, 0.3) is 5.91 Å². The topological polar surface area (TPSA) is 109 Å². The van der Waals surface area contributed by atoms with Crippen LogP contribution in [0.25, 0.3) is 11.4 Å². The Morgan fingerprint density at radius 2 is 1.61 bits per heavy atom. The molecule has 10 nitrogen and oxygen atoms in total. The lowest BCUT2D eigenvalue weighted by Gasteiger charge is -2.29. The van der Waals surface area contributed by atoms with Crippen LogP contribution in [-0.2, 0) is 11.4 Å². The third-order valence-corrected chi connectivity index (χ3v) is 7.62. The summed E-state index contributed by atoms with van der Waals surface area (Å²) in [5.41, 5.74) is 4.26. The van der Waals surface area contributed by atoms with E-state index in [4.69, 9.17) is 29.0 Å². The highest BCUT2D eigenvalue weighted by Gasteiger charge is 2.35. The van der Waals surface area contributed by atoms with E-state index in [9.17, 15) is 4.79 Å². The van der Waals surface area contributed by atoms with E-state index in [1.54, 1.807) is 31.0 Å². The van der Waals surface area contributed by atoms with E-state index in [-0.39, 0.29) is 5.91 Å². The predicted molar refractivity (Wildman–Crippen MR) is 176 cm³/mol. The van der Waals surface area contributed by atoms with Crippen molar-refractivity contribution in [2.75, 3.05) is 31.5 Å². The molecule has 2 heterocycles. The van der Waals surface area contributed by atoms with Gasteiger partial charge >= 0.3 is 0 Å². The normalized spacial score (nSPS) is 13.8. The first kappa shape index (κ1) is 30.3. The van der Waals surface area contributed by atoms with Gasteiger partial charge in [-0.1, -0.05) is 48.5 Å². The van der Waals surface area contributed by atoms with Gasteiger partial charge in [0.2, 0.25) is 5.95 Å². The first-order chi connectivity index (χ1) is 22.5. The number of anilines is 2. The van der Waals surface area contributed by atoms with Gasteiger partial charge in [0.15, 0.2) is 17.3 Å². The SMILES string of the molecule is CCOc1ccc(-c2nc3n(n2)C(c2ccc(OCc4ccccc4)c(OC)c2)C(C(=O)Nc2ccccc2OC)=C(C)N3)cc1. The number of carbonyl (C=O) groups excluding carboxylic acids is 1. The Morgan fingerprint density at radius 1 is 0.870 bits per heavy atom. The van der Waals surface area contributed by atoms with Gasteiger partial charge in [-0.2, -0.15) is 4.98 Å². The van der Waals surface area contributed by atoms with Crippen LogP contribution in [0.3, 0.4) is 0 Å². The van der Waals surface area contributed by atoms with Gasteiger partial charge in [0.1, 0.15) is 24.1 Å². The number of allylic oxidation sites excluding steroid dienone is 1. The Labute approximate surface area is 267 Å². The molecule has 0 saturated carbocycles. The number of aromatic nitrogens is 3. The molecule has 1 unspecified atom stereocenters. The van der Waals surface area contributed by atoms with Crippen molar-refractivity contribution in [3.63, 3.8) is 0 Å². The van der Waals surface area contributed by atoms with Crippen LogP contribution < -0.4 is 29.6 Å². The molecule has 0 spiro atoms. The summed E-state index contributed by atoms with van der Waals surface area (Å²) in [6.07, 6.45) is 0. The van der Waals surface area contributed by atoms with Crippen LogP contribution in [0.15, 0.2) is 108 Å². The van der Waals surface area contributed by atoms with Crippen molar-refractivity contribution in [1.82, 2.24) is 14.8 Å². The molecule has 1 aliphatic heterocycles. The van der Waals surface area contributed by atoms with Crippen LogP contribution in [0.4, 0.5) is 11.6 Å². The highest BCUT2D eigenvalue weighted by molar-refractivity contribution is 6.06. The highest BCUT2D eigenvalue weighted by atomic mass is 16.5. The zero-order valence-electron chi connectivity index (χ0n) is 26.1. The fourth-order valence-corrected chi connectivity index (χ4v) is 5.39. The average Bonchev–Trinajstić information content (AvgIpc) is 3.51. The van der Waals surface area contributed by atoms with Crippen LogP contribution in [-0.4, -0.2) is 41.5 Å². The Morgan fingerprint density at radius 3 is 2.35 bits per heavy atom. The van der Waals surface area contributed by atoms with Crippen molar-refractivity contribution in [2.24, 2.45) is 0 Å². The lowest BCUT2D eigenvalue weighted by Crippen LogP contribution is -2.31. The molecule has 1 amide bonds. The molecule has 46 heavy (non-hydrogen) atoms. The molecular weight excluding hydrogens is 582 g/mol. The molecule has 0 bridgehead atoms. The number of para-hydroxylation sites is 2. The standard InChI is InChI=1S/C36H35N5O5/c1-5-45-27-18-15-25(16-19-27)34-39-36-37-23(2)32(35(42)38-28-13-9-10-14-29(28)43-3)33(41(36)40-34)26-17-20-30(31(21-26)44-4)46-22-24-11-7-6-8-12-24/h6-21,33H,5,22H2,1-4H3,(H,38,42)(H,37,39,40). The van der Waals surface area contributed by atoms with E-state index in [1.807, 2.05) is 98.8 Å². The van der Waals surface area contributed by atoms with Crippen LogP contribution in [0.1, 0.15) is 31.0 Å². The number of hydrogen-bond acceptors (Lipinski definition) is 8. The van der Waals surface area contributed by atoms with Crippen molar-refractivity contribution in [2.45, 2.75) is 26.5 Å². The van der Waals surface area contributed by atoms with Gasteiger partial charge in [-0.05, 0) is 73.5 Å². The number of nitrogens with one attached hydrogen (secondary N) is 2. The minimum atomic E-state index is -0.646. The van der Waals surface area contributed by atoms with E-state index >= 15 is 0 Å². The first-order valence-corrected chi connectivity index (χ1v) is 15.0. The molecular formula is C36H35N5O5. The fraction of sp³-hybridized carbons (Fsp3) is 0.194. The van der Waals surface area contributed by atoms with Crippen molar-refractivity contribution >= 4 is 17.5 Å². The quantitative estimate of drug-likeness (QED) is 0.165. The zero-order chi connectivity index (χ0) is 32.0. The number of carbonyl (C=O) groups is 1. The maximum absolute atomic E-state index is 14.1. The number of rotatable bonds is 11. The molecule has 6 rings (SSSR count). The smallest absolute Gasteiger partial charge is 0.255 e. The Kier molecular flexibility index (Phi) is 8.87. The van der Waals surface area contributed by atoms with Crippen molar-refractivity contribution < 1.29 is 23.7 Å². The van der Waals surface area contributed by atoms with Crippen LogP contribution in [0.2, 0.25) is 0 Å². The summed E-state index contributed by atoms with van der Waals surface area (Å²) in [5.74, 6) is 3.12. The molecule has 1 aromatic heterocycles.